The molecule has 0 atom stereocenters. The molecule has 0 fully saturated rings. The lowest BCUT2D eigenvalue weighted by molar-refractivity contribution is 0.692. The number of nitrogens with one attached hydrogen (secondary N) is 1. The summed E-state index contributed by atoms with van der Waals surface area (Å²) in [5.41, 5.74) is 0.161. The first-order valence-corrected chi connectivity index (χ1v) is 5.98. The maximum Gasteiger partial charge on any atom is 0.329 e. The van der Waals surface area contributed by atoms with Crippen LogP contribution in [0.4, 0.5) is 0 Å². The number of hydrogen-bond acceptors (Lipinski definition) is 2. The van der Waals surface area contributed by atoms with Gasteiger partial charge in [-0.1, -0.05) is 35.3 Å². The molecule has 0 unspecified atom stereocenters. The average Bonchev–Trinajstić information content (AvgIpc) is 2.32. The van der Waals surface area contributed by atoms with Gasteiger partial charge in [0.15, 0.2) is 0 Å². The van der Waals surface area contributed by atoms with Gasteiger partial charge in [0.05, 0.1) is 6.54 Å². The fourth-order valence-corrected chi connectivity index (χ4v) is 1.98. The Hall–Kier alpha value is -1.52. The molecule has 94 valence electrons. The van der Waals surface area contributed by atoms with E-state index in [2.05, 4.69) is 4.98 Å². The van der Waals surface area contributed by atoms with Gasteiger partial charge < -0.3 is 0 Å². The summed E-state index contributed by atoms with van der Waals surface area (Å²) in [7, 11) is 0. The van der Waals surface area contributed by atoms with Crippen molar-refractivity contribution in [3.63, 3.8) is 0 Å². The Bertz CT molecular complexity index is 704. The first-order valence-electron chi connectivity index (χ1n) is 5.22. The molecule has 2 aromatic rings. The van der Waals surface area contributed by atoms with Crippen molar-refractivity contribution in [3.8, 4) is 0 Å². The molecule has 0 saturated heterocycles. The predicted octanol–water partition coefficient (Wildman–Crippen LogP) is 2.20. The number of hydrogen-bond donors (Lipinski definition) is 1. The number of H-pyrrole nitrogens is 1. The van der Waals surface area contributed by atoms with E-state index in [1.165, 1.54) is 0 Å². The van der Waals surface area contributed by atoms with Crippen molar-refractivity contribution in [2.75, 3.05) is 0 Å². The van der Waals surface area contributed by atoms with E-state index in [0.717, 1.165) is 10.1 Å². The Morgan fingerprint density at radius 3 is 2.67 bits per heavy atom. The fourth-order valence-electron chi connectivity index (χ4n) is 1.61. The Morgan fingerprint density at radius 2 is 2.00 bits per heavy atom. The average molecular weight is 285 g/mol. The molecule has 1 aromatic carbocycles. The highest BCUT2D eigenvalue weighted by atomic mass is 35.5. The molecule has 1 aromatic heterocycles. The normalized spacial score (nSPS) is 10.6. The monoisotopic (exact) mass is 284 g/mol. The number of aromatic nitrogens is 2. The van der Waals surface area contributed by atoms with Crippen molar-refractivity contribution in [3.05, 3.63) is 66.4 Å². The van der Waals surface area contributed by atoms with E-state index in [-0.39, 0.29) is 11.7 Å². The highest BCUT2D eigenvalue weighted by Crippen LogP contribution is 2.11. The molecule has 18 heavy (non-hydrogen) atoms. The Labute approximate surface area is 113 Å². The van der Waals surface area contributed by atoms with E-state index in [9.17, 15) is 9.59 Å². The summed E-state index contributed by atoms with van der Waals surface area (Å²) < 4.78 is 1.09. The third-order valence-electron chi connectivity index (χ3n) is 2.59. The van der Waals surface area contributed by atoms with Gasteiger partial charge in [0.1, 0.15) is 5.15 Å². The van der Waals surface area contributed by atoms with Gasteiger partial charge >= 0.3 is 5.69 Å². The van der Waals surface area contributed by atoms with Crippen molar-refractivity contribution in [2.45, 2.75) is 13.5 Å². The number of nitrogens with zero attached hydrogens (tertiary/aromatic N) is 1. The van der Waals surface area contributed by atoms with Crippen LogP contribution in [-0.2, 0) is 6.54 Å². The molecule has 6 heteroatoms. The molecule has 0 amide bonds. The van der Waals surface area contributed by atoms with Crippen LogP contribution in [0.2, 0.25) is 10.2 Å². The van der Waals surface area contributed by atoms with Crippen LogP contribution in [-0.4, -0.2) is 9.55 Å². The molecule has 0 saturated carbocycles. The number of rotatable bonds is 2. The molecule has 0 aliphatic carbocycles. The number of halogens is 2. The molecule has 4 nitrogen and oxygen atoms in total. The molecule has 0 radical (unpaired) electrons. The van der Waals surface area contributed by atoms with Gasteiger partial charge in [-0.3, -0.25) is 14.3 Å². The van der Waals surface area contributed by atoms with Crippen LogP contribution >= 0.6 is 23.2 Å². The van der Waals surface area contributed by atoms with Crippen LogP contribution in [0, 0.1) is 6.92 Å². The second-order valence-electron chi connectivity index (χ2n) is 3.89. The van der Waals surface area contributed by atoms with E-state index in [4.69, 9.17) is 23.2 Å². The molecule has 0 aliphatic heterocycles. The maximum absolute atomic E-state index is 11.9. The summed E-state index contributed by atoms with van der Waals surface area (Å²) in [4.78, 5) is 26.0. The van der Waals surface area contributed by atoms with Crippen LogP contribution < -0.4 is 11.2 Å². The Balaban J connectivity index is 2.51. The molecule has 1 heterocycles. The highest BCUT2D eigenvalue weighted by molar-refractivity contribution is 6.30. The van der Waals surface area contributed by atoms with E-state index >= 15 is 0 Å². The quantitative estimate of drug-likeness (QED) is 0.860. The largest absolute Gasteiger partial charge is 0.329 e. The van der Waals surface area contributed by atoms with Crippen LogP contribution in [0.5, 0.6) is 0 Å². The SMILES string of the molecule is Cc1c(Cl)[nH]c(=O)n(Cc2cccc(Cl)c2)c1=O. The van der Waals surface area contributed by atoms with Gasteiger partial charge in [0, 0.05) is 10.6 Å². The smallest absolute Gasteiger partial charge is 0.297 e. The molecule has 2 rings (SSSR count). The minimum Gasteiger partial charge on any atom is -0.297 e. The second kappa shape index (κ2) is 5.00. The van der Waals surface area contributed by atoms with Gasteiger partial charge in [-0.05, 0) is 24.6 Å². The van der Waals surface area contributed by atoms with E-state index < -0.39 is 11.2 Å². The molecule has 0 bridgehead atoms. The third-order valence-corrected chi connectivity index (χ3v) is 3.20. The summed E-state index contributed by atoms with van der Waals surface area (Å²) in [5.74, 6) is 0. The number of benzene rings is 1. The lowest BCUT2D eigenvalue weighted by Gasteiger charge is -2.07. The van der Waals surface area contributed by atoms with Crippen molar-refractivity contribution in [1.29, 1.82) is 0 Å². The van der Waals surface area contributed by atoms with Gasteiger partial charge in [-0.25, -0.2) is 4.79 Å². The molecular weight excluding hydrogens is 275 g/mol. The summed E-state index contributed by atoms with van der Waals surface area (Å²) in [6.07, 6.45) is 0. The lowest BCUT2D eigenvalue weighted by atomic mass is 10.2. The van der Waals surface area contributed by atoms with E-state index in [1.54, 1.807) is 31.2 Å². The minimum absolute atomic E-state index is 0.0762. The summed E-state index contributed by atoms with van der Waals surface area (Å²) in [5, 5.41) is 0.634. The second-order valence-corrected chi connectivity index (χ2v) is 4.70. The first kappa shape index (κ1) is 12.9. The van der Waals surface area contributed by atoms with E-state index in [0.29, 0.717) is 10.6 Å². The third kappa shape index (κ3) is 2.49. The molecule has 0 aliphatic rings. The van der Waals surface area contributed by atoms with Crippen molar-refractivity contribution in [2.24, 2.45) is 0 Å². The molecule has 1 N–H and O–H groups in total. The maximum atomic E-state index is 11.9. The molecule has 0 spiro atoms. The van der Waals surface area contributed by atoms with Gasteiger partial charge in [-0.15, -0.1) is 0 Å². The fraction of sp³-hybridized carbons (Fsp3) is 0.167. The number of aromatic amines is 1. The summed E-state index contributed by atoms with van der Waals surface area (Å²) in [6.45, 7) is 1.72. The predicted molar refractivity (Wildman–Crippen MR) is 71.6 cm³/mol. The zero-order valence-corrected chi connectivity index (χ0v) is 11.0. The Morgan fingerprint density at radius 1 is 1.28 bits per heavy atom. The van der Waals surface area contributed by atoms with Crippen LogP contribution in [0.3, 0.4) is 0 Å². The van der Waals surface area contributed by atoms with Crippen molar-refractivity contribution < 1.29 is 0 Å². The highest BCUT2D eigenvalue weighted by Gasteiger charge is 2.09. The van der Waals surface area contributed by atoms with Crippen LogP contribution in [0.15, 0.2) is 33.9 Å². The minimum atomic E-state index is -0.532. The van der Waals surface area contributed by atoms with Crippen molar-refractivity contribution in [1.82, 2.24) is 9.55 Å². The van der Waals surface area contributed by atoms with Crippen LogP contribution in [0.1, 0.15) is 11.1 Å². The van der Waals surface area contributed by atoms with Gasteiger partial charge in [-0.2, -0.15) is 0 Å². The lowest BCUT2D eigenvalue weighted by Crippen LogP contribution is -2.36. The van der Waals surface area contributed by atoms with Gasteiger partial charge in [0.2, 0.25) is 0 Å². The molecular formula is C12H10Cl2N2O2. The topological polar surface area (TPSA) is 54.9 Å². The van der Waals surface area contributed by atoms with E-state index in [1.807, 2.05) is 0 Å². The zero-order chi connectivity index (χ0) is 13.3. The standard InChI is InChI=1S/C12H10Cl2N2O2/c1-7-10(14)15-12(18)16(11(7)17)6-8-3-2-4-9(13)5-8/h2-5H,6H2,1H3,(H,15,18). The summed E-state index contributed by atoms with van der Waals surface area (Å²) >= 11 is 11.6. The zero-order valence-electron chi connectivity index (χ0n) is 9.54. The Kier molecular flexibility index (Phi) is 3.59. The van der Waals surface area contributed by atoms with Crippen LogP contribution in [0.25, 0.3) is 0 Å². The summed E-state index contributed by atoms with van der Waals surface area (Å²) in [6, 6.07) is 6.99. The van der Waals surface area contributed by atoms with Crippen molar-refractivity contribution >= 4 is 23.2 Å². The van der Waals surface area contributed by atoms with Gasteiger partial charge in [0.25, 0.3) is 5.56 Å². The first-order chi connectivity index (χ1) is 8.49.